The fraction of sp³-hybridized carbons (Fsp3) is 0.238. The van der Waals surface area contributed by atoms with Gasteiger partial charge in [0.2, 0.25) is 0 Å². The predicted octanol–water partition coefficient (Wildman–Crippen LogP) is 4.21. The largest absolute Gasteiger partial charge is 0.379 e. The molecule has 0 saturated heterocycles. The summed E-state index contributed by atoms with van der Waals surface area (Å²) in [5.74, 6) is -0.0625. The van der Waals surface area contributed by atoms with Crippen LogP contribution in [0.3, 0.4) is 0 Å². The number of rotatable bonds is 7. The molecule has 1 heterocycles. The van der Waals surface area contributed by atoms with E-state index in [0.29, 0.717) is 24.6 Å². The Morgan fingerprint density at radius 3 is 2.41 bits per heavy atom. The van der Waals surface area contributed by atoms with Gasteiger partial charge in [-0.2, -0.15) is 5.10 Å². The molecule has 0 spiro atoms. The minimum absolute atomic E-state index is 0.166. The third-order valence-corrected chi connectivity index (χ3v) is 4.24. The second kappa shape index (κ2) is 8.49. The molecule has 0 aliphatic carbocycles. The van der Waals surface area contributed by atoms with Crippen LogP contribution in [0.4, 0.5) is 10.1 Å². The van der Waals surface area contributed by atoms with E-state index in [9.17, 15) is 9.18 Å². The Kier molecular flexibility index (Phi) is 5.86. The second-order valence-electron chi connectivity index (χ2n) is 6.71. The zero-order chi connectivity index (χ0) is 19.2. The van der Waals surface area contributed by atoms with E-state index >= 15 is 0 Å². The summed E-state index contributed by atoms with van der Waals surface area (Å²) in [4.78, 5) is 12.2. The number of aromatic nitrogens is 2. The zero-order valence-electron chi connectivity index (χ0n) is 15.4. The third-order valence-electron chi connectivity index (χ3n) is 4.24. The van der Waals surface area contributed by atoms with Crippen molar-refractivity contribution in [2.75, 3.05) is 5.32 Å². The van der Waals surface area contributed by atoms with E-state index in [1.165, 1.54) is 12.1 Å². The van der Waals surface area contributed by atoms with Crippen molar-refractivity contribution >= 4 is 11.6 Å². The summed E-state index contributed by atoms with van der Waals surface area (Å²) in [5.41, 5.74) is 4.40. The molecule has 0 radical (unpaired) electrons. The molecule has 0 aliphatic heterocycles. The Hall–Kier alpha value is -3.15. The molecular weight excluding hydrogens is 343 g/mol. The van der Waals surface area contributed by atoms with Crippen molar-refractivity contribution in [2.45, 2.75) is 32.9 Å². The van der Waals surface area contributed by atoms with Crippen LogP contribution in [0.15, 0.2) is 54.6 Å². The van der Waals surface area contributed by atoms with Crippen LogP contribution in [-0.4, -0.2) is 16.1 Å². The lowest BCUT2D eigenvalue weighted by atomic mass is 10.1. The minimum atomic E-state index is -0.288. The summed E-state index contributed by atoms with van der Waals surface area (Å²) in [6.07, 6.45) is 0. The number of carbonyl (C=O) groups excluding carboxylic acids is 1. The van der Waals surface area contributed by atoms with Gasteiger partial charge >= 0.3 is 0 Å². The lowest BCUT2D eigenvalue weighted by Crippen LogP contribution is -2.22. The lowest BCUT2D eigenvalue weighted by Gasteiger charge is -2.08. The van der Waals surface area contributed by atoms with Crippen LogP contribution >= 0.6 is 0 Å². The van der Waals surface area contributed by atoms with E-state index in [1.54, 1.807) is 24.3 Å². The van der Waals surface area contributed by atoms with Crippen molar-refractivity contribution in [3.63, 3.8) is 0 Å². The van der Waals surface area contributed by atoms with Gasteiger partial charge < -0.3 is 10.6 Å². The summed E-state index contributed by atoms with van der Waals surface area (Å²) in [6.45, 7) is 5.20. The van der Waals surface area contributed by atoms with Crippen molar-refractivity contribution in [1.29, 1.82) is 0 Å². The first-order valence-electron chi connectivity index (χ1n) is 8.92. The van der Waals surface area contributed by atoms with Crippen molar-refractivity contribution < 1.29 is 9.18 Å². The average Bonchev–Trinajstić information content (AvgIpc) is 3.15. The first-order chi connectivity index (χ1) is 13.0. The monoisotopic (exact) mass is 366 g/mol. The molecule has 3 rings (SSSR count). The van der Waals surface area contributed by atoms with E-state index in [0.717, 1.165) is 22.6 Å². The van der Waals surface area contributed by atoms with Crippen LogP contribution in [0.1, 0.15) is 47.1 Å². The van der Waals surface area contributed by atoms with Crippen molar-refractivity contribution in [2.24, 2.45) is 0 Å². The molecule has 0 aliphatic rings. The number of carbonyl (C=O) groups is 1. The zero-order valence-corrected chi connectivity index (χ0v) is 15.4. The number of hydrogen-bond donors (Lipinski definition) is 3. The number of halogens is 1. The van der Waals surface area contributed by atoms with Crippen LogP contribution in [0.5, 0.6) is 0 Å². The molecule has 3 aromatic rings. The fourth-order valence-electron chi connectivity index (χ4n) is 2.59. The third kappa shape index (κ3) is 5.17. The molecule has 27 heavy (non-hydrogen) atoms. The highest BCUT2D eigenvalue weighted by atomic mass is 19.1. The number of H-pyrrole nitrogens is 1. The molecule has 0 atom stereocenters. The Bertz CT molecular complexity index is 885. The summed E-state index contributed by atoms with van der Waals surface area (Å²) in [7, 11) is 0. The van der Waals surface area contributed by atoms with Gasteiger partial charge in [-0.3, -0.25) is 9.89 Å². The van der Waals surface area contributed by atoms with Crippen LogP contribution in [0.2, 0.25) is 0 Å². The smallest absolute Gasteiger partial charge is 0.251 e. The van der Waals surface area contributed by atoms with Gasteiger partial charge in [-0.15, -0.1) is 0 Å². The highest BCUT2D eigenvalue weighted by molar-refractivity contribution is 5.94. The maximum absolute atomic E-state index is 12.9. The molecule has 0 bridgehead atoms. The predicted molar refractivity (Wildman–Crippen MR) is 104 cm³/mol. The summed E-state index contributed by atoms with van der Waals surface area (Å²) in [6, 6.07) is 15.4. The van der Waals surface area contributed by atoms with Gasteiger partial charge in [0.25, 0.3) is 5.91 Å². The normalized spacial score (nSPS) is 10.8. The van der Waals surface area contributed by atoms with Crippen LogP contribution in [-0.2, 0) is 13.1 Å². The number of nitrogens with one attached hydrogen (secondary N) is 3. The maximum Gasteiger partial charge on any atom is 0.251 e. The van der Waals surface area contributed by atoms with E-state index in [1.807, 2.05) is 12.1 Å². The number of hydrogen-bond acceptors (Lipinski definition) is 3. The molecule has 1 amide bonds. The molecular formula is C21H23FN4O. The molecule has 0 saturated carbocycles. The van der Waals surface area contributed by atoms with E-state index in [2.05, 4.69) is 40.7 Å². The highest BCUT2D eigenvalue weighted by Gasteiger charge is 2.07. The SMILES string of the molecule is CC(C)c1cc(CNc2ccc(C(=O)NCc3ccc(F)cc3)cc2)[nH]n1. The molecule has 2 aromatic carbocycles. The topological polar surface area (TPSA) is 69.8 Å². The molecule has 3 N–H and O–H groups in total. The Labute approximate surface area is 158 Å². The van der Waals surface area contributed by atoms with Gasteiger partial charge in [-0.25, -0.2) is 4.39 Å². The van der Waals surface area contributed by atoms with Gasteiger partial charge in [-0.05, 0) is 53.9 Å². The summed E-state index contributed by atoms with van der Waals surface area (Å²) in [5, 5.41) is 13.4. The lowest BCUT2D eigenvalue weighted by molar-refractivity contribution is 0.0951. The van der Waals surface area contributed by atoms with E-state index < -0.39 is 0 Å². The van der Waals surface area contributed by atoms with E-state index in [-0.39, 0.29) is 11.7 Å². The Balaban J connectivity index is 1.51. The number of amides is 1. The molecule has 5 nitrogen and oxygen atoms in total. The molecule has 6 heteroatoms. The molecule has 1 aromatic heterocycles. The summed E-state index contributed by atoms with van der Waals surface area (Å²) < 4.78 is 12.9. The average molecular weight is 366 g/mol. The van der Waals surface area contributed by atoms with Gasteiger partial charge in [0, 0.05) is 17.8 Å². The standard InChI is InChI=1S/C21H23FN4O/c1-14(2)20-11-19(25-26-20)13-23-18-9-5-16(6-10-18)21(27)24-12-15-3-7-17(22)8-4-15/h3-11,14,23H,12-13H2,1-2H3,(H,24,27)(H,25,26). The van der Waals surface area contributed by atoms with Gasteiger partial charge in [-0.1, -0.05) is 26.0 Å². The van der Waals surface area contributed by atoms with Crippen molar-refractivity contribution in [3.05, 3.63) is 82.9 Å². The number of aromatic amines is 1. The van der Waals surface area contributed by atoms with Crippen molar-refractivity contribution in [1.82, 2.24) is 15.5 Å². The number of benzene rings is 2. The fourth-order valence-corrected chi connectivity index (χ4v) is 2.59. The van der Waals surface area contributed by atoms with Gasteiger partial charge in [0.1, 0.15) is 5.82 Å². The second-order valence-corrected chi connectivity index (χ2v) is 6.71. The molecule has 0 unspecified atom stereocenters. The maximum atomic E-state index is 12.9. The number of anilines is 1. The minimum Gasteiger partial charge on any atom is -0.379 e. The quantitative estimate of drug-likeness (QED) is 0.586. The Morgan fingerprint density at radius 1 is 1.07 bits per heavy atom. The first-order valence-corrected chi connectivity index (χ1v) is 8.92. The highest BCUT2D eigenvalue weighted by Crippen LogP contribution is 2.14. The van der Waals surface area contributed by atoms with Gasteiger partial charge in [0.15, 0.2) is 0 Å². The number of nitrogens with zero attached hydrogens (tertiary/aromatic N) is 1. The Morgan fingerprint density at radius 2 is 1.78 bits per heavy atom. The van der Waals surface area contributed by atoms with Crippen LogP contribution < -0.4 is 10.6 Å². The molecule has 0 fully saturated rings. The van der Waals surface area contributed by atoms with Gasteiger partial charge in [0.05, 0.1) is 17.9 Å². The van der Waals surface area contributed by atoms with E-state index in [4.69, 9.17) is 0 Å². The van der Waals surface area contributed by atoms with Crippen molar-refractivity contribution in [3.8, 4) is 0 Å². The van der Waals surface area contributed by atoms with Crippen LogP contribution in [0.25, 0.3) is 0 Å². The first kappa shape index (κ1) is 18.6. The summed E-state index contributed by atoms with van der Waals surface area (Å²) >= 11 is 0. The van der Waals surface area contributed by atoms with Crippen LogP contribution in [0, 0.1) is 5.82 Å². The molecule has 140 valence electrons.